The van der Waals surface area contributed by atoms with Crippen LogP contribution in [0.25, 0.3) is 0 Å². The molecule has 74 valence electrons. The van der Waals surface area contributed by atoms with Gasteiger partial charge in [0.15, 0.2) is 0 Å². The summed E-state index contributed by atoms with van der Waals surface area (Å²) in [5.41, 5.74) is 0.930. The first kappa shape index (κ1) is 10.3. The second kappa shape index (κ2) is 4.51. The van der Waals surface area contributed by atoms with E-state index in [0.29, 0.717) is 0 Å². The van der Waals surface area contributed by atoms with Gasteiger partial charge in [-0.1, -0.05) is 11.8 Å². The molecule has 0 aromatic carbocycles. The average Bonchev–Trinajstić information content (AvgIpc) is 2.72. The van der Waals surface area contributed by atoms with Crippen molar-refractivity contribution < 1.29 is 4.42 Å². The largest absolute Gasteiger partial charge is 0.440 e. The Morgan fingerprint density at radius 1 is 1.64 bits per heavy atom. The van der Waals surface area contributed by atoms with Crippen LogP contribution < -0.4 is 0 Å². The van der Waals surface area contributed by atoms with Crippen LogP contribution in [0.15, 0.2) is 31.8 Å². The number of aryl methyl sites for hydroxylation is 1. The highest BCUT2D eigenvalue weighted by molar-refractivity contribution is 9.10. The second-order valence-electron chi connectivity index (χ2n) is 2.77. The van der Waals surface area contributed by atoms with E-state index in [9.17, 15) is 0 Å². The standard InChI is InChI=1S/C9H8BrNOS2/c1-6-3-12-9(11-6)14-5-8-2-7(10)4-13-8/h2-4H,5H2,1H3. The van der Waals surface area contributed by atoms with Crippen molar-refractivity contribution in [2.75, 3.05) is 0 Å². The molecule has 0 unspecified atom stereocenters. The maximum Gasteiger partial charge on any atom is 0.256 e. The maximum absolute atomic E-state index is 5.24. The first-order valence-corrected chi connectivity index (χ1v) is 6.68. The third kappa shape index (κ3) is 2.62. The zero-order chi connectivity index (χ0) is 9.97. The van der Waals surface area contributed by atoms with Crippen molar-refractivity contribution in [1.29, 1.82) is 0 Å². The zero-order valence-corrected chi connectivity index (χ0v) is 10.7. The van der Waals surface area contributed by atoms with Gasteiger partial charge in [-0.2, -0.15) is 0 Å². The quantitative estimate of drug-likeness (QED) is 0.796. The summed E-state index contributed by atoms with van der Waals surface area (Å²) in [5.74, 6) is 0.913. The molecule has 0 fully saturated rings. The van der Waals surface area contributed by atoms with E-state index >= 15 is 0 Å². The van der Waals surface area contributed by atoms with Crippen LogP contribution in [0.2, 0.25) is 0 Å². The van der Waals surface area contributed by atoms with Crippen LogP contribution in [-0.4, -0.2) is 4.98 Å². The van der Waals surface area contributed by atoms with Crippen LogP contribution in [0.5, 0.6) is 0 Å². The van der Waals surface area contributed by atoms with Crippen LogP contribution in [0.1, 0.15) is 10.6 Å². The summed E-state index contributed by atoms with van der Waals surface area (Å²) in [6.07, 6.45) is 1.67. The molecule has 0 radical (unpaired) electrons. The van der Waals surface area contributed by atoms with Gasteiger partial charge in [-0.3, -0.25) is 0 Å². The number of thiophene rings is 1. The molecule has 2 aromatic rings. The van der Waals surface area contributed by atoms with Crippen LogP contribution in [-0.2, 0) is 5.75 Å². The van der Waals surface area contributed by atoms with Crippen LogP contribution >= 0.6 is 39.0 Å². The summed E-state index contributed by atoms with van der Waals surface area (Å²) in [6, 6.07) is 2.12. The Balaban J connectivity index is 1.94. The van der Waals surface area contributed by atoms with Gasteiger partial charge in [0.25, 0.3) is 5.22 Å². The number of nitrogens with zero attached hydrogens (tertiary/aromatic N) is 1. The van der Waals surface area contributed by atoms with E-state index < -0.39 is 0 Å². The minimum Gasteiger partial charge on any atom is -0.440 e. The van der Waals surface area contributed by atoms with Gasteiger partial charge in [0.2, 0.25) is 0 Å². The van der Waals surface area contributed by atoms with Crippen molar-refractivity contribution >= 4 is 39.0 Å². The highest BCUT2D eigenvalue weighted by Gasteiger charge is 2.03. The van der Waals surface area contributed by atoms with Crippen molar-refractivity contribution in [2.24, 2.45) is 0 Å². The molecule has 14 heavy (non-hydrogen) atoms. The molecule has 0 atom stereocenters. The van der Waals surface area contributed by atoms with E-state index in [-0.39, 0.29) is 0 Å². The van der Waals surface area contributed by atoms with Gasteiger partial charge in [-0.05, 0) is 28.9 Å². The fourth-order valence-corrected chi connectivity index (χ4v) is 3.32. The number of oxazole rings is 1. The Kier molecular flexibility index (Phi) is 3.30. The van der Waals surface area contributed by atoms with Crippen molar-refractivity contribution in [1.82, 2.24) is 4.98 Å². The Labute approximate surface area is 98.9 Å². The van der Waals surface area contributed by atoms with Gasteiger partial charge >= 0.3 is 0 Å². The van der Waals surface area contributed by atoms with Gasteiger partial charge in [-0.15, -0.1) is 11.3 Å². The van der Waals surface area contributed by atoms with E-state index in [0.717, 1.165) is 21.1 Å². The molecule has 2 nitrogen and oxygen atoms in total. The molecular weight excluding hydrogens is 282 g/mol. The third-order valence-electron chi connectivity index (χ3n) is 1.56. The van der Waals surface area contributed by atoms with E-state index in [2.05, 4.69) is 32.4 Å². The Morgan fingerprint density at radius 2 is 2.50 bits per heavy atom. The molecule has 0 aliphatic heterocycles. The lowest BCUT2D eigenvalue weighted by Crippen LogP contribution is -1.74. The normalized spacial score (nSPS) is 10.7. The van der Waals surface area contributed by atoms with Gasteiger partial charge in [-0.25, -0.2) is 4.98 Å². The van der Waals surface area contributed by atoms with Crippen molar-refractivity contribution in [2.45, 2.75) is 17.9 Å². The minimum absolute atomic E-state index is 0.743. The summed E-state index contributed by atoms with van der Waals surface area (Å²) in [6.45, 7) is 1.93. The lowest BCUT2D eigenvalue weighted by molar-refractivity contribution is 0.454. The number of aromatic nitrogens is 1. The topological polar surface area (TPSA) is 26.0 Å². The van der Waals surface area contributed by atoms with E-state index in [1.165, 1.54) is 4.88 Å². The van der Waals surface area contributed by atoms with Gasteiger partial charge in [0, 0.05) is 20.5 Å². The van der Waals surface area contributed by atoms with Gasteiger partial charge in [0.1, 0.15) is 6.26 Å². The fraction of sp³-hybridized carbons (Fsp3) is 0.222. The molecule has 0 bridgehead atoms. The van der Waals surface area contributed by atoms with Gasteiger partial charge in [0.05, 0.1) is 5.69 Å². The number of rotatable bonds is 3. The van der Waals surface area contributed by atoms with Gasteiger partial charge < -0.3 is 4.42 Å². The summed E-state index contributed by atoms with van der Waals surface area (Å²) >= 11 is 6.78. The molecule has 2 heterocycles. The Bertz CT molecular complexity index is 384. The Hall–Kier alpha value is -0.260. The Morgan fingerprint density at radius 3 is 3.07 bits per heavy atom. The molecule has 0 amide bonds. The van der Waals surface area contributed by atoms with Crippen molar-refractivity contribution in [3.05, 3.63) is 32.8 Å². The lowest BCUT2D eigenvalue weighted by Gasteiger charge is -1.91. The maximum atomic E-state index is 5.24. The van der Waals surface area contributed by atoms with E-state index in [1.807, 2.05) is 6.92 Å². The molecule has 0 N–H and O–H groups in total. The van der Waals surface area contributed by atoms with E-state index in [1.54, 1.807) is 29.4 Å². The lowest BCUT2D eigenvalue weighted by atomic mass is 10.5. The first-order chi connectivity index (χ1) is 6.74. The smallest absolute Gasteiger partial charge is 0.256 e. The molecule has 0 spiro atoms. The van der Waals surface area contributed by atoms with Crippen LogP contribution in [0.4, 0.5) is 0 Å². The van der Waals surface area contributed by atoms with Crippen LogP contribution in [0, 0.1) is 6.92 Å². The molecule has 0 aliphatic rings. The molecule has 2 aromatic heterocycles. The summed E-state index contributed by atoms with van der Waals surface area (Å²) in [4.78, 5) is 5.54. The third-order valence-corrected chi connectivity index (χ3v) is 4.33. The molecule has 0 saturated heterocycles. The highest BCUT2D eigenvalue weighted by Crippen LogP contribution is 2.27. The summed E-state index contributed by atoms with van der Waals surface area (Å²) in [7, 11) is 0. The summed E-state index contributed by atoms with van der Waals surface area (Å²) < 4.78 is 6.38. The average molecular weight is 290 g/mol. The summed E-state index contributed by atoms with van der Waals surface area (Å²) in [5, 5.41) is 2.82. The SMILES string of the molecule is Cc1coc(SCc2cc(Br)cs2)n1. The molecule has 5 heteroatoms. The monoisotopic (exact) mass is 289 g/mol. The molecule has 2 rings (SSSR count). The molecular formula is C9H8BrNOS2. The molecule has 0 aliphatic carbocycles. The highest BCUT2D eigenvalue weighted by atomic mass is 79.9. The predicted molar refractivity (Wildman–Crippen MR) is 62.8 cm³/mol. The number of hydrogen-bond donors (Lipinski definition) is 0. The van der Waals surface area contributed by atoms with Crippen molar-refractivity contribution in [3.8, 4) is 0 Å². The first-order valence-electron chi connectivity index (χ1n) is 4.02. The van der Waals surface area contributed by atoms with E-state index in [4.69, 9.17) is 4.42 Å². The predicted octanol–water partition coefficient (Wildman–Crippen LogP) is 4.10. The number of hydrogen-bond acceptors (Lipinski definition) is 4. The second-order valence-corrected chi connectivity index (χ2v) is 5.61. The number of halogens is 1. The fourth-order valence-electron chi connectivity index (χ4n) is 0.961. The van der Waals surface area contributed by atoms with Crippen molar-refractivity contribution in [3.63, 3.8) is 0 Å². The number of thioether (sulfide) groups is 1. The molecule has 0 saturated carbocycles. The zero-order valence-electron chi connectivity index (χ0n) is 7.49. The van der Waals surface area contributed by atoms with Crippen LogP contribution in [0.3, 0.4) is 0 Å². The minimum atomic E-state index is 0.743.